The molecule has 0 aliphatic carbocycles. The Labute approximate surface area is 196 Å². The fraction of sp³-hybridized carbons (Fsp3) is 0.158. The highest BCUT2D eigenvalue weighted by Crippen LogP contribution is 2.29. The first-order valence-corrected chi connectivity index (χ1v) is 11.6. The topological polar surface area (TPSA) is 133 Å². The molecular weight excluding hydrogens is 528 g/mol. The van der Waals surface area contributed by atoms with Crippen LogP contribution in [-0.2, 0) is 21.2 Å². The van der Waals surface area contributed by atoms with E-state index >= 15 is 0 Å². The molecule has 13 heteroatoms. The summed E-state index contributed by atoms with van der Waals surface area (Å²) in [7, 11) is -2.51. The maximum absolute atomic E-state index is 13.0. The highest BCUT2D eigenvalue weighted by atomic mass is 79.9. The molecule has 168 valence electrons. The van der Waals surface area contributed by atoms with Crippen LogP contribution in [0.1, 0.15) is 6.42 Å². The van der Waals surface area contributed by atoms with Crippen molar-refractivity contribution in [3.05, 3.63) is 68.3 Å². The summed E-state index contributed by atoms with van der Waals surface area (Å²) < 4.78 is 32.6. The van der Waals surface area contributed by atoms with Crippen LogP contribution in [0.3, 0.4) is 0 Å². The van der Waals surface area contributed by atoms with Gasteiger partial charge in [0, 0.05) is 23.2 Å². The molecule has 2 aromatic carbocycles. The Morgan fingerprint density at radius 1 is 1.25 bits per heavy atom. The molecule has 1 amide bonds. The van der Waals surface area contributed by atoms with E-state index in [1.54, 1.807) is 0 Å². The van der Waals surface area contributed by atoms with Crippen molar-refractivity contribution in [1.29, 1.82) is 0 Å². The SMILES string of the molecule is COc1cc(NC(=O)CCn2cc(Br)c([N+](=O)[O-])n2)cc(S(=O)(=O)c2ccc(Cl)cc2)c1. The minimum absolute atomic E-state index is 0.0401. The maximum atomic E-state index is 13.0. The molecule has 0 radical (unpaired) electrons. The van der Waals surface area contributed by atoms with Gasteiger partial charge < -0.3 is 20.2 Å². The number of benzene rings is 2. The van der Waals surface area contributed by atoms with Crippen LogP contribution < -0.4 is 10.1 Å². The van der Waals surface area contributed by atoms with Crippen molar-refractivity contribution in [2.45, 2.75) is 22.8 Å². The zero-order chi connectivity index (χ0) is 23.5. The summed E-state index contributed by atoms with van der Waals surface area (Å²) >= 11 is 8.87. The summed E-state index contributed by atoms with van der Waals surface area (Å²) in [5.41, 5.74) is 0.217. The lowest BCUT2D eigenvalue weighted by atomic mass is 10.3. The summed E-state index contributed by atoms with van der Waals surface area (Å²) in [5.74, 6) is -0.556. The number of hydrogen-bond acceptors (Lipinski definition) is 7. The van der Waals surface area contributed by atoms with Gasteiger partial charge in [-0.15, -0.1) is 0 Å². The average molecular weight is 544 g/mol. The number of halogens is 2. The Bertz CT molecular complexity index is 1280. The van der Waals surface area contributed by atoms with Crippen molar-refractivity contribution >= 4 is 54.8 Å². The minimum atomic E-state index is -3.89. The quantitative estimate of drug-likeness (QED) is 0.334. The number of sulfone groups is 1. The van der Waals surface area contributed by atoms with Crippen LogP contribution in [0.5, 0.6) is 5.75 Å². The molecule has 32 heavy (non-hydrogen) atoms. The lowest BCUT2D eigenvalue weighted by Crippen LogP contribution is -2.15. The van der Waals surface area contributed by atoms with Crippen LogP contribution in [0.25, 0.3) is 0 Å². The maximum Gasteiger partial charge on any atom is 0.404 e. The smallest absolute Gasteiger partial charge is 0.404 e. The summed E-state index contributed by atoms with van der Waals surface area (Å²) in [5, 5.41) is 17.7. The second kappa shape index (κ2) is 9.67. The molecule has 0 aliphatic heterocycles. The number of carbonyl (C=O) groups is 1. The van der Waals surface area contributed by atoms with Gasteiger partial charge in [0.05, 0.1) is 34.7 Å². The summed E-state index contributed by atoms with van der Waals surface area (Å²) in [6.07, 6.45) is 1.34. The van der Waals surface area contributed by atoms with Crippen molar-refractivity contribution in [2.75, 3.05) is 12.4 Å². The Kier molecular flexibility index (Phi) is 7.16. The van der Waals surface area contributed by atoms with Crippen LogP contribution >= 0.6 is 27.5 Å². The number of amides is 1. The largest absolute Gasteiger partial charge is 0.497 e. The van der Waals surface area contributed by atoms with Gasteiger partial charge in [-0.05, 0) is 57.3 Å². The normalized spacial score (nSPS) is 11.2. The Balaban J connectivity index is 1.78. The average Bonchev–Trinajstić information content (AvgIpc) is 3.13. The van der Waals surface area contributed by atoms with E-state index in [9.17, 15) is 23.3 Å². The van der Waals surface area contributed by atoms with Crippen molar-refractivity contribution in [2.24, 2.45) is 0 Å². The number of carbonyl (C=O) groups excluding carboxylic acids is 1. The van der Waals surface area contributed by atoms with E-state index in [4.69, 9.17) is 16.3 Å². The molecule has 0 atom stereocenters. The van der Waals surface area contributed by atoms with E-state index < -0.39 is 20.7 Å². The first-order valence-electron chi connectivity index (χ1n) is 8.97. The van der Waals surface area contributed by atoms with Crippen molar-refractivity contribution in [3.63, 3.8) is 0 Å². The predicted octanol–water partition coefficient (Wildman–Crippen LogP) is 4.08. The fourth-order valence-corrected chi connectivity index (χ4v) is 4.64. The number of anilines is 1. The second-order valence-electron chi connectivity index (χ2n) is 6.47. The minimum Gasteiger partial charge on any atom is -0.497 e. The van der Waals surface area contributed by atoms with E-state index in [1.165, 1.54) is 60.5 Å². The number of ether oxygens (including phenoxy) is 1. The summed E-state index contributed by atoms with van der Waals surface area (Å²) in [6, 6.07) is 9.85. The van der Waals surface area contributed by atoms with Gasteiger partial charge in [-0.2, -0.15) is 4.68 Å². The number of hydrogen-bond donors (Lipinski definition) is 1. The van der Waals surface area contributed by atoms with Crippen molar-refractivity contribution < 1.29 is 22.9 Å². The van der Waals surface area contributed by atoms with Gasteiger partial charge in [-0.25, -0.2) is 8.42 Å². The van der Waals surface area contributed by atoms with Gasteiger partial charge in [0.1, 0.15) is 10.2 Å². The lowest BCUT2D eigenvalue weighted by Gasteiger charge is -2.11. The van der Waals surface area contributed by atoms with Crippen molar-refractivity contribution in [1.82, 2.24) is 9.78 Å². The van der Waals surface area contributed by atoms with Gasteiger partial charge in [0.2, 0.25) is 15.7 Å². The standard InChI is InChI=1S/C19H16BrClN4O6S/c1-31-14-8-13(9-16(10-14)32(29,30)15-4-2-12(21)3-5-15)22-18(26)6-7-24-11-17(20)19(23-24)25(27)28/h2-5,8-11H,6-7H2,1H3,(H,22,26). The van der Waals surface area contributed by atoms with Crippen LogP contribution in [0.4, 0.5) is 11.5 Å². The molecule has 0 saturated heterocycles. The number of aromatic nitrogens is 2. The van der Waals surface area contributed by atoms with E-state index in [2.05, 4.69) is 26.3 Å². The van der Waals surface area contributed by atoms with Gasteiger partial charge in [0.25, 0.3) is 0 Å². The third-order valence-corrected chi connectivity index (χ3v) is 6.83. The van der Waals surface area contributed by atoms with Crippen LogP contribution in [0, 0.1) is 10.1 Å². The molecule has 1 aromatic heterocycles. The van der Waals surface area contributed by atoms with Crippen LogP contribution in [0.15, 0.2) is 62.9 Å². The van der Waals surface area contributed by atoms with Crippen molar-refractivity contribution in [3.8, 4) is 5.75 Å². The zero-order valence-corrected chi connectivity index (χ0v) is 19.6. The zero-order valence-electron chi connectivity index (χ0n) is 16.5. The Morgan fingerprint density at radius 2 is 1.94 bits per heavy atom. The number of methoxy groups -OCH3 is 1. The number of nitrogens with zero attached hydrogens (tertiary/aromatic N) is 3. The highest BCUT2D eigenvalue weighted by Gasteiger charge is 2.21. The summed E-state index contributed by atoms with van der Waals surface area (Å²) in [6.45, 7) is 0.0815. The van der Waals surface area contributed by atoms with Crippen LogP contribution in [0.2, 0.25) is 5.02 Å². The number of nitrogens with one attached hydrogen (secondary N) is 1. The lowest BCUT2D eigenvalue weighted by molar-refractivity contribution is -0.390. The number of aryl methyl sites for hydroxylation is 1. The third-order valence-electron chi connectivity index (χ3n) is 4.27. The fourth-order valence-electron chi connectivity index (χ4n) is 2.73. The molecule has 0 saturated carbocycles. The van der Waals surface area contributed by atoms with Gasteiger partial charge in [-0.1, -0.05) is 11.6 Å². The van der Waals surface area contributed by atoms with E-state index in [-0.39, 0.29) is 44.5 Å². The molecule has 3 rings (SSSR count). The first-order chi connectivity index (χ1) is 15.1. The molecule has 1 heterocycles. The molecular formula is C19H16BrClN4O6S. The van der Waals surface area contributed by atoms with Gasteiger partial charge >= 0.3 is 5.82 Å². The van der Waals surface area contributed by atoms with Gasteiger partial charge in [0.15, 0.2) is 0 Å². The number of rotatable bonds is 8. The van der Waals surface area contributed by atoms with Crippen LogP contribution in [-0.4, -0.2) is 36.1 Å². The van der Waals surface area contributed by atoms with Gasteiger partial charge in [-0.3, -0.25) is 4.79 Å². The molecule has 1 N–H and O–H groups in total. The second-order valence-corrected chi connectivity index (χ2v) is 9.71. The van der Waals surface area contributed by atoms with E-state index in [1.807, 2.05) is 0 Å². The molecule has 0 unspecified atom stereocenters. The first kappa shape index (κ1) is 23.7. The molecule has 0 bridgehead atoms. The third kappa shape index (κ3) is 5.44. The Hall–Kier alpha value is -2.96. The molecule has 0 fully saturated rings. The summed E-state index contributed by atoms with van der Waals surface area (Å²) in [4.78, 5) is 22.6. The Morgan fingerprint density at radius 3 is 2.53 bits per heavy atom. The van der Waals surface area contributed by atoms with E-state index in [0.29, 0.717) is 5.02 Å². The van der Waals surface area contributed by atoms with E-state index in [0.717, 1.165) is 0 Å². The molecule has 3 aromatic rings. The highest BCUT2D eigenvalue weighted by molar-refractivity contribution is 9.10. The molecule has 0 spiro atoms. The molecule has 10 nitrogen and oxygen atoms in total. The number of nitro groups is 1. The monoisotopic (exact) mass is 542 g/mol. The predicted molar refractivity (Wildman–Crippen MR) is 120 cm³/mol. The molecule has 0 aliphatic rings.